The number of amides is 1. The fraction of sp³-hybridized carbons (Fsp3) is 0.462. The summed E-state index contributed by atoms with van der Waals surface area (Å²) in [7, 11) is 1.74. The Hall–Kier alpha value is -1.42. The van der Waals surface area contributed by atoms with Gasteiger partial charge in [-0.15, -0.1) is 0 Å². The molecule has 1 heterocycles. The second kappa shape index (κ2) is 5.27. The molecular weight excluding hydrogens is 219 g/mol. The number of nitrogens with zero attached hydrogens (tertiary/aromatic N) is 1. The van der Waals surface area contributed by atoms with Gasteiger partial charge in [-0.25, -0.2) is 4.39 Å². The van der Waals surface area contributed by atoms with E-state index >= 15 is 0 Å². The van der Waals surface area contributed by atoms with Gasteiger partial charge in [0, 0.05) is 19.3 Å². The number of hydrogen-bond donors (Lipinski definition) is 1. The molecular formula is C13H17FN2O. The maximum absolute atomic E-state index is 12.8. The largest absolute Gasteiger partial charge is 0.316 e. The fourth-order valence-electron chi connectivity index (χ4n) is 2.13. The molecule has 0 bridgehead atoms. The highest BCUT2D eigenvalue weighted by Gasteiger charge is 2.24. The van der Waals surface area contributed by atoms with E-state index in [0.717, 1.165) is 31.6 Å². The van der Waals surface area contributed by atoms with Gasteiger partial charge in [-0.3, -0.25) is 4.79 Å². The summed E-state index contributed by atoms with van der Waals surface area (Å²) >= 11 is 0. The van der Waals surface area contributed by atoms with Crippen LogP contribution in [0, 0.1) is 11.7 Å². The third-order valence-corrected chi connectivity index (χ3v) is 3.19. The Morgan fingerprint density at radius 1 is 1.41 bits per heavy atom. The Labute approximate surface area is 101 Å². The molecule has 1 aromatic carbocycles. The molecule has 1 aliphatic heterocycles. The summed E-state index contributed by atoms with van der Waals surface area (Å²) in [6.07, 6.45) is 1.96. The minimum atomic E-state index is -0.283. The topological polar surface area (TPSA) is 32.3 Å². The minimum absolute atomic E-state index is 0.0406. The summed E-state index contributed by atoms with van der Waals surface area (Å²) in [4.78, 5) is 13.8. The predicted molar refractivity (Wildman–Crippen MR) is 65.4 cm³/mol. The molecule has 2 rings (SSSR count). The Balaban J connectivity index is 2.05. The molecule has 0 unspecified atom stereocenters. The third kappa shape index (κ3) is 2.82. The fourth-order valence-corrected chi connectivity index (χ4v) is 2.13. The van der Waals surface area contributed by atoms with Crippen molar-refractivity contribution in [2.24, 2.45) is 5.92 Å². The van der Waals surface area contributed by atoms with Crippen molar-refractivity contribution in [2.75, 3.05) is 25.0 Å². The SMILES string of the molecule is CN(C(=O)[C@H]1CCCNC1)c1ccc(F)cc1. The van der Waals surface area contributed by atoms with E-state index in [-0.39, 0.29) is 17.6 Å². The average Bonchev–Trinajstić information content (AvgIpc) is 2.39. The van der Waals surface area contributed by atoms with Crippen LogP contribution in [0.5, 0.6) is 0 Å². The summed E-state index contributed by atoms with van der Waals surface area (Å²) in [6, 6.07) is 6.00. The summed E-state index contributed by atoms with van der Waals surface area (Å²) in [5.41, 5.74) is 0.738. The van der Waals surface area contributed by atoms with E-state index in [9.17, 15) is 9.18 Å². The molecule has 17 heavy (non-hydrogen) atoms. The van der Waals surface area contributed by atoms with E-state index in [1.54, 1.807) is 24.1 Å². The summed E-state index contributed by atoms with van der Waals surface area (Å²) in [5, 5.41) is 3.22. The Bertz CT molecular complexity index is 385. The number of hydrogen-bond acceptors (Lipinski definition) is 2. The lowest BCUT2D eigenvalue weighted by Crippen LogP contribution is -2.41. The van der Waals surface area contributed by atoms with E-state index in [2.05, 4.69) is 5.32 Å². The van der Waals surface area contributed by atoms with Gasteiger partial charge in [-0.05, 0) is 43.7 Å². The van der Waals surface area contributed by atoms with Gasteiger partial charge in [0.2, 0.25) is 5.91 Å². The van der Waals surface area contributed by atoms with Crippen LogP contribution in [0.2, 0.25) is 0 Å². The first-order valence-electron chi connectivity index (χ1n) is 5.92. The monoisotopic (exact) mass is 236 g/mol. The highest BCUT2D eigenvalue weighted by Crippen LogP contribution is 2.19. The lowest BCUT2D eigenvalue weighted by Gasteiger charge is -2.27. The van der Waals surface area contributed by atoms with Crippen LogP contribution in [-0.2, 0) is 4.79 Å². The Morgan fingerprint density at radius 3 is 2.71 bits per heavy atom. The highest BCUT2D eigenvalue weighted by molar-refractivity contribution is 5.94. The number of piperidine rings is 1. The number of anilines is 1. The summed E-state index contributed by atoms with van der Waals surface area (Å²) in [6.45, 7) is 1.73. The maximum Gasteiger partial charge on any atom is 0.231 e. The molecule has 1 fully saturated rings. The predicted octanol–water partition coefficient (Wildman–Crippen LogP) is 1.79. The number of carbonyl (C=O) groups excluding carboxylic acids is 1. The van der Waals surface area contributed by atoms with Crippen LogP contribution in [0.25, 0.3) is 0 Å². The molecule has 92 valence electrons. The number of halogens is 1. The zero-order chi connectivity index (χ0) is 12.3. The van der Waals surface area contributed by atoms with Crippen molar-refractivity contribution in [1.29, 1.82) is 0 Å². The van der Waals surface area contributed by atoms with Gasteiger partial charge in [0.15, 0.2) is 0 Å². The molecule has 0 radical (unpaired) electrons. The Morgan fingerprint density at radius 2 is 2.12 bits per heavy atom. The number of benzene rings is 1. The molecule has 0 saturated carbocycles. The lowest BCUT2D eigenvalue weighted by molar-refractivity contribution is -0.122. The summed E-state index contributed by atoms with van der Waals surface area (Å²) < 4.78 is 12.8. The lowest BCUT2D eigenvalue weighted by atomic mass is 9.98. The quantitative estimate of drug-likeness (QED) is 0.849. The molecule has 1 amide bonds. The van der Waals surface area contributed by atoms with E-state index < -0.39 is 0 Å². The molecule has 1 saturated heterocycles. The zero-order valence-corrected chi connectivity index (χ0v) is 9.95. The van der Waals surface area contributed by atoms with Crippen molar-refractivity contribution in [3.63, 3.8) is 0 Å². The molecule has 0 spiro atoms. The van der Waals surface area contributed by atoms with Crippen molar-refractivity contribution in [3.05, 3.63) is 30.1 Å². The zero-order valence-electron chi connectivity index (χ0n) is 9.95. The number of rotatable bonds is 2. The van der Waals surface area contributed by atoms with Crippen molar-refractivity contribution in [3.8, 4) is 0 Å². The van der Waals surface area contributed by atoms with Gasteiger partial charge >= 0.3 is 0 Å². The van der Waals surface area contributed by atoms with E-state index in [1.807, 2.05) is 0 Å². The number of nitrogens with one attached hydrogen (secondary N) is 1. The second-order valence-electron chi connectivity index (χ2n) is 4.42. The first-order valence-corrected chi connectivity index (χ1v) is 5.92. The van der Waals surface area contributed by atoms with Crippen molar-refractivity contribution >= 4 is 11.6 Å². The molecule has 3 nitrogen and oxygen atoms in total. The van der Waals surface area contributed by atoms with E-state index in [1.165, 1.54) is 12.1 Å². The summed E-state index contributed by atoms with van der Waals surface area (Å²) in [5.74, 6) is -0.142. The van der Waals surface area contributed by atoms with E-state index in [4.69, 9.17) is 0 Å². The molecule has 0 aromatic heterocycles. The smallest absolute Gasteiger partial charge is 0.231 e. The Kier molecular flexibility index (Phi) is 3.74. The highest BCUT2D eigenvalue weighted by atomic mass is 19.1. The van der Waals surface area contributed by atoms with Gasteiger partial charge in [-0.1, -0.05) is 0 Å². The van der Waals surface area contributed by atoms with Crippen LogP contribution in [0.3, 0.4) is 0 Å². The standard InChI is InChI=1S/C13H17FN2O/c1-16(12-6-4-11(14)5-7-12)13(17)10-3-2-8-15-9-10/h4-7,10,15H,2-3,8-9H2,1H3/t10-/m0/s1. The van der Waals surface area contributed by atoms with Gasteiger partial charge in [0.1, 0.15) is 5.82 Å². The van der Waals surface area contributed by atoms with Crippen LogP contribution >= 0.6 is 0 Å². The molecule has 1 aliphatic rings. The van der Waals surface area contributed by atoms with Crippen molar-refractivity contribution < 1.29 is 9.18 Å². The van der Waals surface area contributed by atoms with Crippen molar-refractivity contribution in [1.82, 2.24) is 5.32 Å². The third-order valence-electron chi connectivity index (χ3n) is 3.19. The minimum Gasteiger partial charge on any atom is -0.316 e. The van der Waals surface area contributed by atoms with Gasteiger partial charge in [0.25, 0.3) is 0 Å². The molecule has 0 aliphatic carbocycles. The van der Waals surface area contributed by atoms with E-state index in [0.29, 0.717) is 0 Å². The molecule has 1 aromatic rings. The van der Waals surface area contributed by atoms with Crippen LogP contribution in [0.1, 0.15) is 12.8 Å². The number of carbonyl (C=O) groups is 1. The van der Waals surface area contributed by atoms with Gasteiger partial charge < -0.3 is 10.2 Å². The first kappa shape index (κ1) is 12.0. The van der Waals surface area contributed by atoms with Crippen LogP contribution in [0.4, 0.5) is 10.1 Å². The normalized spacial score (nSPS) is 20.0. The van der Waals surface area contributed by atoms with Gasteiger partial charge in [0.05, 0.1) is 5.92 Å². The van der Waals surface area contributed by atoms with Crippen molar-refractivity contribution in [2.45, 2.75) is 12.8 Å². The molecule has 4 heteroatoms. The van der Waals surface area contributed by atoms with Crippen LogP contribution < -0.4 is 10.2 Å². The van der Waals surface area contributed by atoms with Crippen LogP contribution in [0.15, 0.2) is 24.3 Å². The second-order valence-corrected chi connectivity index (χ2v) is 4.42. The first-order chi connectivity index (χ1) is 8.18. The van der Waals surface area contributed by atoms with Gasteiger partial charge in [-0.2, -0.15) is 0 Å². The van der Waals surface area contributed by atoms with Crippen LogP contribution in [-0.4, -0.2) is 26.0 Å². The maximum atomic E-state index is 12.8. The molecule has 1 N–H and O–H groups in total. The average molecular weight is 236 g/mol. The molecule has 1 atom stereocenters.